The topological polar surface area (TPSA) is 75.5 Å². The number of nitrogens with one attached hydrogen (secondary N) is 1. The van der Waals surface area contributed by atoms with Crippen molar-refractivity contribution >= 4 is 11.6 Å². The SMILES string of the molecule is CN(Cc1cccc([N+](=O)[O-])c1)C(=O)C1CCCCN1. The van der Waals surface area contributed by atoms with E-state index in [2.05, 4.69) is 5.32 Å². The molecule has 1 saturated heterocycles. The lowest BCUT2D eigenvalue weighted by Crippen LogP contribution is -2.46. The molecule has 1 aromatic rings. The number of likely N-dealkylation sites (N-methyl/N-ethyl adjacent to an activating group) is 1. The van der Waals surface area contributed by atoms with Gasteiger partial charge < -0.3 is 10.2 Å². The van der Waals surface area contributed by atoms with Crippen LogP contribution in [0.5, 0.6) is 0 Å². The van der Waals surface area contributed by atoms with Crippen LogP contribution in [0.4, 0.5) is 5.69 Å². The molecule has 1 N–H and O–H groups in total. The van der Waals surface area contributed by atoms with E-state index in [9.17, 15) is 14.9 Å². The molecule has 20 heavy (non-hydrogen) atoms. The lowest BCUT2D eigenvalue weighted by atomic mass is 10.0. The quantitative estimate of drug-likeness (QED) is 0.671. The fraction of sp³-hybridized carbons (Fsp3) is 0.500. The Morgan fingerprint density at radius 1 is 1.50 bits per heavy atom. The third kappa shape index (κ3) is 3.54. The molecule has 0 radical (unpaired) electrons. The van der Waals surface area contributed by atoms with E-state index in [0.717, 1.165) is 31.4 Å². The first-order valence-electron chi connectivity index (χ1n) is 6.79. The van der Waals surface area contributed by atoms with Crippen molar-refractivity contribution in [3.63, 3.8) is 0 Å². The molecular weight excluding hydrogens is 258 g/mol. The van der Waals surface area contributed by atoms with Crippen LogP contribution >= 0.6 is 0 Å². The fourth-order valence-corrected chi connectivity index (χ4v) is 2.45. The van der Waals surface area contributed by atoms with Crippen LogP contribution in [0.2, 0.25) is 0 Å². The zero-order valence-corrected chi connectivity index (χ0v) is 11.5. The number of amides is 1. The summed E-state index contributed by atoms with van der Waals surface area (Å²) in [6.45, 7) is 1.26. The maximum absolute atomic E-state index is 12.3. The van der Waals surface area contributed by atoms with Gasteiger partial charge in [0.2, 0.25) is 5.91 Å². The van der Waals surface area contributed by atoms with Crippen LogP contribution in [-0.2, 0) is 11.3 Å². The van der Waals surface area contributed by atoms with Crippen molar-refractivity contribution in [1.82, 2.24) is 10.2 Å². The van der Waals surface area contributed by atoms with Crippen molar-refractivity contribution in [3.8, 4) is 0 Å². The molecule has 1 atom stereocenters. The highest BCUT2D eigenvalue weighted by atomic mass is 16.6. The summed E-state index contributed by atoms with van der Waals surface area (Å²) < 4.78 is 0. The minimum absolute atomic E-state index is 0.0520. The van der Waals surface area contributed by atoms with Gasteiger partial charge in [-0.3, -0.25) is 14.9 Å². The minimum atomic E-state index is -0.423. The molecule has 1 aliphatic rings. The van der Waals surface area contributed by atoms with Crippen molar-refractivity contribution in [1.29, 1.82) is 0 Å². The second kappa shape index (κ2) is 6.47. The number of nitro benzene ring substituents is 1. The molecule has 6 heteroatoms. The molecule has 1 aliphatic heterocycles. The maximum Gasteiger partial charge on any atom is 0.269 e. The molecule has 1 fully saturated rings. The lowest BCUT2D eigenvalue weighted by Gasteiger charge is -2.27. The van der Waals surface area contributed by atoms with Crippen molar-refractivity contribution in [2.75, 3.05) is 13.6 Å². The highest BCUT2D eigenvalue weighted by molar-refractivity contribution is 5.81. The summed E-state index contributed by atoms with van der Waals surface area (Å²) >= 11 is 0. The maximum atomic E-state index is 12.3. The Bertz CT molecular complexity index is 498. The first-order valence-corrected chi connectivity index (χ1v) is 6.79. The van der Waals surface area contributed by atoms with E-state index >= 15 is 0 Å². The van der Waals surface area contributed by atoms with Gasteiger partial charge in [0.05, 0.1) is 11.0 Å². The number of piperidine rings is 1. The van der Waals surface area contributed by atoms with Crippen LogP contribution in [-0.4, -0.2) is 35.4 Å². The van der Waals surface area contributed by atoms with E-state index in [1.807, 2.05) is 0 Å². The fourth-order valence-electron chi connectivity index (χ4n) is 2.45. The van der Waals surface area contributed by atoms with E-state index in [0.29, 0.717) is 6.54 Å². The molecule has 1 heterocycles. The van der Waals surface area contributed by atoms with Gasteiger partial charge >= 0.3 is 0 Å². The van der Waals surface area contributed by atoms with E-state index in [4.69, 9.17) is 0 Å². The van der Waals surface area contributed by atoms with Gasteiger partial charge in [-0.2, -0.15) is 0 Å². The molecule has 0 bridgehead atoms. The van der Waals surface area contributed by atoms with E-state index in [1.165, 1.54) is 12.1 Å². The Labute approximate surface area is 117 Å². The first-order chi connectivity index (χ1) is 9.58. The molecule has 0 aliphatic carbocycles. The Balaban J connectivity index is 1.99. The summed E-state index contributed by atoms with van der Waals surface area (Å²) in [4.78, 5) is 24.2. The second-order valence-electron chi connectivity index (χ2n) is 5.12. The van der Waals surface area contributed by atoms with Crippen LogP contribution in [0.3, 0.4) is 0 Å². The summed E-state index contributed by atoms with van der Waals surface area (Å²) in [7, 11) is 1.73. The molecule has 2 rings (SSSR count). The Kier molecular flexibility index (Phi) is 4.68. The molecule has 6 nitrogen and oxygen atoms in total. The average Bonchev–Trinajstić information content (AvgIpc) is 2.47. The van der Waals surface area contributed by atoms with Gasteiger partial charge in [-0.05, 0) is 24.9 Å². The number of carbonyl (C=O) groups is 1. The van der Waals surface area contributed by atoms with Crippen LogP contribution in [0.25, 0.3) is 0 Å². The van der Waals surface area contributed by atoms with Gasteiger partial charge in [-0.25, -0.2) is 0 Å². The van der Waals surface area contributed by atoms with Crippen LogP contribution in [0, 0.1) is 10.1 Å². The smallest absolute Gasteiger partial charge is 0.269 e. The van der Waals surface area contributed by atoms with Crippen LogP contribution in [0.1, 0.15) is 24.8 Å². The third-order valence-corrected chi connectivity index (χ3v) is 3.53. The molecule has 1 unspecified atom stereocenters. The van der Waals surface area contributed by atoms with Crippen molar-refractivity contribution in [3.05, 3.63) is 39.9 Å². The summed E-state index contributed by atoms with van der Waals surface area (Å²) in [5, 5.41) is 14.0. The predicted molar refractivity (Wildman–Crippen MR) is 75.2 cm³/mol. The van der Waals surface area contributed by atoms with Gasteiger partial charge in [-0.1, -0.05) is 18.6 Å². The Morgan fingerprint density at radius 3 is 2.95 bits per heavy atom. The summed E-state index contributed by atoms with van der Waals surface area (Å²) in [5.41, 5.74) is 0.824. The summed E-state index contributed by atoms with van der Waals surface area (Å²) in [6.07, 6.45) is 3.03. The number of non-ortho nitro benzene ring substituents is 1. The summed E-state index contributed by atoms with van der Waals surface area (Å²) in [5.74, 6) is 0.0520. The van der Waals surface area contributed by atoms with Crippen molar-refractivity contribution in [2.24, 2.45) is 0 Å². The van der Waals surface area contributed by atoms with Gasteiger partial charge in [0.25, 0.3) is 5.69 Å². The number of benzene rings is 1. The zero-order valence-electron chi connectivity index (χ0n) is 11.5. The minimum Gasteiger partial charge on any atom is -0.340 e. The summed E-state index contributed by atoms with van der Waals surface area (Å²) in [6, 6.07) is 6.29. The van der Waals surface area contributed by atoms with E-state index in [1.54, 1.807) is 24.1 Å². The predicted octanol–water partition coefficient (Wildman–Crippen LogP) is 1.70. The molecule has 0 spiro atoms. The molecule has 108 valence electrons. The Hall–Kier alpha value is -1.95. The first kappa shape index (κ1) is 14.5. The van der Waals surface area contributed by atoms with E-state index in [-0.39, 0.29) is 17.6 Å². The van der Waals surface area contributed by atoms with Crippen LogP contribution in [0.15, 0.2) is 24.3 Å². The molecule has 0 saturated carbocycles. The standard InChI is InChI=1S/C14H19N3O3/c1-16(14(18)13-7-2-3-8-15-13)10-11-5-4-6-12(9-11)17(19)20/h4-6,9,13,15H,2-3,7-8,10H2,1H3. The van der Waals surface area contributed by atoms with Gasteiger partial charge in [0.15, 0.2) is 0 Å². The largest absolute Gasteiger partial charge is 0.340 e. The van der Waals surface area contributed by atoms with Gasteiger partial charge in [-0.15, -0.1) is 0 Å². The monoisotopic (exact) mass is 277 g/mol. The van der Waals surface area contributed by atoms with Gasteiger partial charge in [0, 0.05) is 25.7 Å². The highest BCUT2D eigenvalue weighted by Gasteiger charge is 2.23. The Morgan fingerprint density at radius 2 is 2.30 bits per heavy atom. The third-order valence-electron chi connectivity index (χ3n) is 3.53. The lowest BCUT2D eigenvalue weighted by molar-refractivity contribution is -0.384. The number of rotatable bonds is 4. The molecule has 1 amide bonds. The van der Waals surface area contributed by atoms with Crippen molar-refractivity contribution < 1.29 is 9.72 Å². The highest BCUT2D eigenvalue weighted by Crippen LogP contribution is 2.16. The number of hydrogen-bond donors (Lipinski definition) is 1. The van der Waals surface area contributed by atoms with Crippen LogP contribution < -0.4 is 5.32 Å². The number of nitrogens with zero attached hydrogens (tertiary/aromatic N) is 2. The number of hydrogen-bond acceptors (Lipinski definition) is 4. The molecule has 1 aromatic carbocycles. The number of carbonyl (C=O) groups excluding carboxylic acids is 1. The second-order valence-corrected chi connectivity index (χ2v) is 5.12. The molecular formula is C14H19N3O3. The normalized spacial score (nSPS) is 18.6. The molecule has 0 aromatic heterocycles. The number of nitro groups is 1. The van der Waals surface area contributed by atoms with Crippen molar-refractivity contribution in [2.45, 2.75) is 31.8 Å². The average molecular weight is 277 g/mol. The zero-order chi connectivity index (χ0) is 14.5. The van der Waals surface area contributed by atoms with E-state index < -0.39 is 4.92 Å². The van der Waals surface area contributed by atoms with Gasteiger partial charge in [0.1, 0.15) is 0 Å².